The Morgan fingerprint density at radius 3 is 1.95 bits per heavy atom. The number of nitrogens with zero attached hydrogens (tertiary/aromatic N) is 1. The number of ether oxygens (including phenoxy) is 1. The van der Waals surface area contributed by atoms with E-state index in [2.05, 4.69) is 58.7 Å². The molecule has 1 aliphatic rings. The first-order valence-electron chi connectivity index (χ1n) is 8.67. The Kier molecular flexibility index (Phi) is 6.70. The van der Waals surface area contributed by atoms with Gasteiger partial charge in [-0.1, -0.05) is 12.8 Å². The van der Waals surface area contributed by atoms with Gasteiger partial charge in [-0.2, -0.15) is 0 Å². The molecule has 0 atom stereocenters. The molecule has 0 unspecified atom stereocenters. The molecule has 1 saturated heterocycles. The predicted octanol–water partition coefficient (Wildman–Crippen LogP) is 3.82. The third-order valence-electron chi connectivity index (χ3n) is 3.82. The highest BCUT2D eigenvalue weighted by atomic mass is 16.5. The van der Waals surface area contributed by atoms with Crippen molar-refractivity contribution < 1.29 is 4.74 Å². The SMILES string of the molecule is CC(C)(C)NCCCCCCN1CC(C)(C)OC(C)(C)C1. The normalized spacial score (nSPS) is 22.4. The van der Waals surface area contributed by atoms with Gasteiger partial charge in [0.15, 0.2) is 0 Å². The minimum absolute atomic E-state index is 0.0155. The lowest BCUT2D eigenvalue weighted by molar-refractivity contribution is -0.180. The zero-order chi connectivity index (χ0) is 16.1. The van der Waals surface area contributed by atoms with E-state index in [1.165, 1.54) is 32.2 Å². The molecule has 0 aromatic carbocycles. The molecule has 0 amide bonds. The molecule has 1 fully saturated rings. The Morgan fingerprint density at radius 1 is 0.905 bits per heavy atom. The molecule has 0 spiro atoms. The van der Waals surface area contributed by atoms with Crippen LogP contribution in [-0.4, -0.2) is 47.8 Å². The summed E-state index contributed by atoms with van der Waals surface area (Å²) in [5.41, 5.74) is 0.224. The first-order chi connectivity index (χ1) is 9.49. The fraction of sp³-hybridized carbons (Fsp3) is 1.00. The van der Waals surface area contributed by atoms with E-state index in [1.807, 2.05) is 0 Å². The van der Waals surface area contributed by atoms with Gasteiger partial charge in [0.25, 0.3) is 0 Å². The minimum atomic E-state index is -0.0155. The lowest BCUT2D eigenvalue weighted by Gasteiger charge is -2.47. The molecule has 1 aliphatic heterocycles. The highest BCUT2D eigenvalue weighted by molar-refractivity contribution is 4.88. The molecular weight excluding hydrogens is 260 g/mol. The van der Waals surface area contributed by atoms with E-state index >= 15 is 0 Å². The van der Waals surface area contributed by atoms with E-state index in [1.54, 1.807) is 0 Å². The maximum Gasteiger partial charge on any atom is 0.0760 e. The van der Waals surface area contributed by atoms with Gasteiger partial charge in [0.05, 0.1) is 11.2 Å². The monoisotopic (exact) mass is 298 g/mol. The van der Waals surface area contributed by atoms with Gasteiger partial charge in [-0.15, -0.1) is 0 Å². The van der Waals surface area contributed by atoms with Gasteiger partial charge < -0.3 is 10.1 Å². The highest BCUT2D eigenvalue weighted by Crippen LogP contribution is 2.28. The molecule has 3 heteroatoms. The van der Waals surface area contributed by atoms with Crippen LogP contribution in [0.3, 0.4) is 0 Å². The summed E-state index contributed by atoms with van der Waals surface area (Å²) in [5, 5.41) is 3.56. The smallest absolute Gasteiger partial charge is 0.0760 e. The van der Waals surface area contributed by atoms with Crippen molar-refractivity contribution in [2.75, 3.05) is 26.2 Å². The molecular formula is C18H38N2O. The highest BCUT2D eigenvalue weighted by Gasteiger charge is 2.37. The maximum absolute atomic E-state index is 6.13. The number of rotatable bonds is 7. The summed E-state index contributed by atoms with van der Waals surface area (Å²) in [4.78, 5) is 2.58. The number of hydrogen-bond acceptors (Lipinski definition) is 3. The van der Waals surface area contributed by atoms with Gasteiger partial charge >= 0.3 is 0 Å². The second-order valence-corrected chi connectivity index (χ2v) is 8.92. The summed E-state index contributed by atoms with van der Waals surface area (Å²) < 4.78 is 6.13. The second kappa shape index (κ2) is 7.43. The molecule has 0 aromatic heterocycles. The Hall–Kier alpha value is -0.120. The van der Waals surface area contributed by atoms with Crippen molar-refractivity contribution in [2.24, 2.45) is 0 Å². The second-order valence-electron chi connectivity index (χ2n) is 8.92. The van der Waals surface area contributed by atoms with E-state index in [4.69, 9.17) is 4.74 Å². The molecule has 1 heterocycles. The van der Waals surface area contributed by atoms with E-state index in [0.717, 1.165) is 19.6 Å². The summed E-state index contributed by atoms with van der Waals surface area (Å²) in [6.45, 7) is 20.0. The van der Waals surface area contributed by atoms with Crippen LogP contribution in [0.1, 0.15) is 74.1 Å². The molecule has 0 aromatic rings. The Morgan fingerprint density at radius 2 is 1.43 bits per heavy atom. The van der Waals surface area contributed by atoms with Crippen LogP contribution < -0.4 is 5.32 Å². The first-order valence-corrected chi connectivity index (χ1v) is 8.67. The number of hydrogen-bond donors (Lipinski definition) is 1. The van der Waals surface area contributed by atoms with Crippen LogP contribution in [0, 0.1) is 0 Å². The van der Waals surface area contributed by atoms with Crippen molar-refractivity contribution in [3.63, 3.8) is 0 Å². The summed E-state index contributed by atoms with van der Waals surface area (Å²) in [7, 11) is 0. The van der Waals surface area contributed by atoms with Gasteiger partial charge in [-0.05, 0) is 74.4 Å². The quantitative estimate of drug-likeness (QED) is 0.723. The zero-order valence-electron chi connectivity index (χ0n) is 15.5. The van der Waals surface area contributed by atoms with Gasteiger partial charge in [0.2, 0.25) is 0 Å². The van der Waals surface area contributed by atoms with Gasteiger partial charge in [0.1, 0.15) is 0 Å². The van der Waals surface area contributed by atoms with E-state index < -0.39 is 0 Å². The number of morpholine rings is 1. The molecule has 0 saturated carbocycles. The van der Waals surface area contributed by atoms with Crippen LogP contribution in [0.5, 0.6) is 0 Å². The molecule has 1 rings (SSSR count). The molecule has 0 radical (unpaired) electrons. The Labute approximate surface area is 132 Å². The van der Waals surface area contributed by atoms with Crippen molar-refractivity contribution in [1.29, 1.82) is 0 Å². The van der Waals surface area contributed by atoms with Crippen LogP contribution in [-0.2, 0) is 4.74 Å². The van der Waals surface area contributed by atoms with Gasteiger partial charge in [-0.25, -0.2) is 0 Å². The standard InChI is InChI=1S/C18H38N2O/c1-16(2,3)19-12-10-8-9-11-13-20-14-17(4,5)21-18(6,7)15-20/h19H,8-15H2,1-7H3. The largest absolute Gasteiger partial charge is 0.367 e. The van der Waals surface area contributed by atoms with Gasteiger partial charge in [-0.3, -0.25) is 4.90 Å². The lowest BCUT2D eigenvalue weighted by atomic mass is 9.98. The van der Waals surface area contributed by atoms with Crippen LogP contribution in [0.25, 0.3) is 0 Å². The topological polar surface area (TPSA) is 24.5 Å². The zero-order valence-corrected chi connectivity index (χ0v) is 15.5. The average Bonchev–Trinajstić information content (AvgIpc) is 2.21. The predicted molar refractivity (Wildman–Crippen MR) is 91.9 cm³/mol. The third-order valence-corrected chi connectivity index (χ3v) is 3.82. The fourth-order valence-electron chi connectivity index (χ4n) is 3.38. The van der Waals surface area contributed by atoms with Crippen LogP contribution in [0.4, 0.5) is 0 Å². The van der Waals surface area contributed by atoms with Crippen LogP contribution >= 0.6 is 0 Å². The summed E-state index contributed by atoms with van der Waals surface area (Å²) in [5.74, 6) is 0. The maximum atomic E-state index is 6.13. The van der Waals surface area contributed by atoms with Crippen molar-refractivity contribution in [2.45, 2.75) is 90.9 Å². The van der Waals surface area contributed by atoms with E-state index in [9.17, 15) is 0 Å². The minimum Gasteiger partial charge on any atom is -0.367 e. The molecule has 1 N–H and O–H groups in total. The summed E-state index contributed by atoms with van der Waals surface area (Å²) in [6, 6.07) is 0. The van der Waals surface area contributed by atoms with Crippen LogP contribution in [0.15, 0.2) is 0 Å². The molecule has 0 bridgehead atoms. The average molecular weight is 299 g/mol. The molecule has 21 heavy (non-hydrogen) atoms. The van der Waals surface area contributed by atoms with E-state index in [0.29, 0.717) is 0 Å². The molecule has 3 nitrogen and oxygen atoms in total. The third kappa shape index (κ3) is 8.80. The Balaban J connectivity index is 2.12. The summed E-state index contributed by atoms with van der Waals surface area (Å²) >= 11 is 0. The Bertz CT molecular complexity index is 289. The number of unbranched alkanes of at least 4 members (excludes halogenated alkanes) is 3. The summed E-state index contributed by atoms with van der Waals surface area (Å²) in [6.07, 6.45) is 5.27. The lowest BCUT2D eigenvalue weighted by Crippen LogP contribution is -2.57. The van der Waals surface area contributed by atoms with Crippen molar-refractivity contribution in [3.05, 3.63) is 0 Å². The fourth-order valence-corrected chi connectivity index (χ4v) is 3.38. The van der Waals surface area contributed by atoms with Gasteiger partial charge in [0, 0.05) is 18.6 Å². The number of nitrogens with one attached hydrogen (secondary N) is 1. The van der Waals surface area contributed by atoms with Crippen molar-refractivity contribution >= 4 is 0 Å². The molecule has 0 aliphatic carbocycles. The van der Waals surface area contributed by atoms with Crippen molar-refractivity contribution in [3.8, 4) is 0 Å². The molecule has 126 valence electrons. The van der Waals surface area contributed by atoms with Crippen molar-refractivity contribution in [1.82, 2.24) is 10.2 Å². The van der Waals surface area contributed by atoms with Crippen LogP contribution in [0.2, 0.25) is 0 Å². The first kappa shape index (κ1) is 18.9. The van der Waals surface area contributed by atoms with E-state index in [-0.39, 0.29) is 16.7 Å².